The molecule has 0 rings (SSSR count). The summed E-state index contributed by atoms with van der Waals surface area (Å²) in [7, 11) is 1.08. The van der Waals surface area contributed by atoms with E-state index in [1.807, 2.05) is 21.1 Å². The van der Waals surface area contributed by atoms with Gasteiger partial charge in [0, 0.05) is 12.8 Å². The number of allylic oxidation sites excluding steroid dienone is 32. The first kappa shape index (κ1) is 72.8. The number of carbonyl (C=O) groups excluding carboxylic acids is 2. The zero-order valence-electron chi connectivity index (χ0n) is 49.0. The minimum atomic E-state index is -4.67. The molecule has 0 fully saturated rings. The van der Waals surface area contributed by atoms with Crippen molar-refractivity contribution in [3.8, 4) is 0 Å². The van der Waals surface area contributed by atoms with Gasteiger partial charge in [-0.1, -0.05) is 208 Å². The second-order valence-electron chi connectivity index (χ2n) is 19.5. The normalized spacial score (nSPS) is 14.7. The topological polar surface area (TPSA) is 111 Å². The lowest BCUT2D eigenvalue weighted by molar-refractivity contribution is -0.870. The summed E-state index contributed by atoms with van der Waals surface area (Å²) in [4.78, 5) is 37.7. The molecule has 10 heteroatoms. The molecule has 0 aliphatic heterocycles. The van der Waals surface area contributed by atoms with Gasteiger partial charge in [0.1, 0.15) is 19.8 Å². The van der Waals surface area contributed by atoms with Gasteiger partial charge >= 0.3 is 11.9 Å². The van der Waals surface area contributed by atoms with E-state index in [2.05, 4.69) is 208 Å². The molecule has 0 radical (unpaired) electrons. The Bertz CT molecular complexity index is 2010. The Hall–Kier alpha value is -5.15. The van der Waals surface area contributed by atoms with Crippen LogP contribution in [0.3, 0.4) is 0 Å². The number of nitrogens with zero attached hydrogens (tertiary/aromatic N) is 1. The first-order valence-electron chi connectivity index (χ1n) is 29.1. The van der Waals surface area contributed by atoms with E-state index in [4.69, 9.17) is 18.5 Å². The molecule has 9 nitrogen and oxygen atoms in total. The highest BCUT2D eigenvalue weighted by Crippen LogP contribution is 2.38. The highest BCUT2D eigenvalue weighted by molar-refractivity contribution is 7.45. The van der Waals surface area contributed by atoms with Gasteiger partial charge in [0.05, 0.1) is 27.7 Å². The zero-order valence-corrected chi connectivity index (χ0v) is 49.9. The van der Waals surface area contributed by atoms with E-state index in [9.17, 15) is 19.0 Å². The first-order chi connectivity index (χ1) is 38.0. The Kier molecular flexibility index (Phi) is 52.8. The number of phosphoric acid groups is 1. The molecule has 0 saturated heterocycles. The monoisotopic (exact) mass is 1090 g/mol. The van der Waals surface area contributed by atoms with Gasteiger partial charge in [-0.2, -0.15) is 0 Å². The predicted octanol–water partition coefficient (Wildman–Crippen LogP) is 18.0. The lowest BCUT2D eigenvalue weighted by atomic mass is 10.1. The Morgan fingerprint density at radius 1 is 0.397 bits per heavy atom. The maximum Gasteiger partial charge on any atom is 0.306 e. The Morgan fingerprint density at radius 2 is 0.679 bits per heavy atom. The first-order valence-corrected chi connectivity index (χ1v) is 30.6. The van der Waals surface area contributed by atoms with Crippen LogP contribution in [0.1, 0.15) is 168 Å². The molecule has 0 heterocycles. The van der Waals surface area contributed by atoms with Crippen LogP contribution in [0.4, 0.5) is 0 Å². The summed E-state index contributed by atoms with van der Waals surface area (Å²) in [5, 5.41) is 0. The average molecular weight is 1090 g/mol. The minimum absolute atomic E-state index is 0.0580. The van der Waals surface area contributed by atoms with Crippen molar-refractivity contribution < 1.29 is 42.1 Å². The standard InChI is InChI=1S/C68H104NO8P/c1-6-8-10-12-14-16-18-20-22-23-24-25-26-27-28-29-30-31-32-33-34-35-36-37-38-39-40-41-42-43-44-45-47-49-51-53-55-57-59-61-68(71)77-66(65-76-78(72,73)75-63-62-69(3,4)5)64-74-67(70)60-58-56-54-52-50-48-46-21-19-17-15-13-11-9-7-2/h8-11,14-17,20-22,24-25,27-28,30-31,33-34,36-37,39-40,42-43,45-47,50-53,66H,6-7,12-13,18-19,23,26,29,32,35,38,41,44,48-49,54-65H2,1-5H3/b10-8-,11-9-,16-14-,17-15-,22-20-,25-24-,28-27-,31-30-,34-33-,37-36-,40-39-,43-42-,46-21-,47-45-,52-50-,53-51-. The van der Waals surface area contributed by atoms with Crippen LogP contribution in [0.15, 0.2) is 194 Å². The van der Waals surface area contributed by atoms with Crippen LogP contribution >= 0.6 is 7.82 Å². The fraction of sp³-hybridized carbons (Fsp3) is 0.500. The Labute approximate surface area is 475 Å². The number of phosphoric ester groups is 1. The molecule has 0 aromatic carbocycles. The third kappa shape index (κ3) is 60.1. The summed E-state index contributed by atoms with van der Waals surface area (Å²) in [6, 6.07) is 0. The predicted molar refractivity (Wildman–Crippen MR) is 332 cm³/mol. The fourth-order valence-electron chi connectivity index (χ4n) is 6.68. The van der Waals surface area contributed by atoms with Crippen LogP contribution in [0.2, 0.25) is 0 Å². The van der Waals surface area contributed by atoms with Crippen LogP contribution in [-0.2, 0) is 32.7 Å². The van der Waals surface area contributed by atoms with Gasteiger partial charge in [-0.05, 0) is 141 Å². The largest absolute Gasteiger partial charge is 0.756 e. The average Bonchev–Trinajstić information content (AvgIpc) is 3.41. The number of unbranched alkanes of at least 4 members (excludes halogenated alkanes) is 4. The van der Waals surface area contributed by atoms with Crippen LogP contribution < -0.4 is 4.89 Å². The number of ether oxygens (including phenoxy) is 2. The number of hydrogen-bond donors (Lipinski definition) is 0. The van der Waals surface area contributed by atoms with Crippen LogP contribution in [-0.4, -0.2) is 70.0 Å². The van der Waals surface area contributed by atoms with Crippen molar-refractivity contribution in [3.63, 3.8) is 0 Å². The number of likely N-dealkylation sites (N-methyl/N-ethyl adjacent to an activating group) is 1. The second kappa shape index (κ2) is 56.6. The summed E-state index contributed by atoms with van der Waals surface area (Å²) in [5.74, 6) is -0.955. The van der Waals surface area contributed by atoms with Crippen molar-refractivity contribution in [2.75, 3.05) is 47.5 Å². The van der Waals surface area contributed by atoms with E-state index >= 15 is 0 Å². The molecular weight excluding hydrogens is 990 g/mol. The van der Waals surface area contributed by atoms with Crippen molar-refractivity contribution in [2.45, 2.75) is 174 Å². The molecule has 0 aromatic rings. The Morgan fingerprint density at radius 3 is 0.974 bits per heavy atom. The highest BCUT2D eigenvalue weighted by Gasteiger charge is 2.21. The molecule has 0 aliphatic rings. The number of hydrogen-bond acceptors (Lipinski definition) is 8. The van der Waals surface area contributed by atoms with Crippen LogP contribution in [0, 0.1) is 0 Å². The molecule has 2 unspecified atom stereocenters. The third-order valence-electron chi connectivity index (χ3n) is 11.1. The molecule has 0 aromatic heterocycles. The molecular formula is C68H104NO8P. The molecule has 0 spiro atoms. The smallest absolute Gasteiger partial charge is 0.306 e. The van der Waals surface area contributed by atoms with Crippen molar-refractivity contribution >= 4 is 19.8 Å². The van der Waals surface area contributed by atoms with E-state index in [-0.39, 0.29) is 26.1 Å². The molecule has 434 valence electrons. The van der Waals surface area contributed by atoms with Gasteiger partial charge in [0.2, 0.25) is 0 Å². The summed E-state index contributed by atoms with van der Waals surface area (Å²) < 4.78 is 34.0. The number of esters is 2. The quantitative estimate of drug-likeness (QED) is 0.0195. The zero-order chi connectivity index (χ0) is 57.0. The van der Waals surface area contributed by atoms with Crippen molar-refractivity contribution in [2.24, 2.45) is 0 Å². The summed E-state index contributed by atoms with van der Waals surface area (Å²) in [5.41, 5.74) is 0. The second-order valence-corrected chi connectivity index (χ2v) is 20.9. The van der Waals surface area contributed by atoms with Crippen molar-refractivity contribution in [1.82, 2.24) is 0 Å². The molecule has 78 heavy (non-hydrogen) atoms. The Balaban J connectivity index is 4.30. The van der Waals surface area contributed by atoms with E-state index in [0.29, 0.717) is 23.9 Å². The van der Waals surface area contributed by atoms with Gasteiger partial charge in [-0.15, -0.1) is 0 Å². The van der Waals surface area contributed by atoms with Gasteiger partial charge in [0.15, 0.2) is 6.10 Å². The molecule has 0 amide bonds. The van der Waals surface area contributed by atoms with E-state index in [1.54, 1.807) is 0 Å². The van der Waals surface area contributed by atoms with E-state index in [0.717, 1.165) is 128 Å². The van der Waals surface area contributed by atoms with Crippen LogP contribution in [0.5, 0.6) is 0 Å². The van der Waals surface area contributed by atoms with E-state index in [1.165, 1.54) is 0 Å². The lowest BCUT2D eigenvalue weighted by Gasteiger charge is -2.28. The van der Waals surface area contributed by atoms with Gasteiger partial charge in [-0.3, -0.25) is 14.2 Å². The van der Waals surface area contributed by atoms with Gasteiger partial charge in [-0.25, -0.2) is 0 Å². The summed E-state index contributed by atoms with van der Waals surface area (Å²) in [6.45, 7) is 3.86. The fourth-order valence-corrected chi connectivity index (χ4v) is 7.41. The minimum Gasteiger partial charge on any atom is -0.756 e. The van der Waals surface area contributed by atoms with Crippen LogP contribution in [0.25, 0.3) is 0 Å². The van der Waals surface area contributed by atoms with Gasteiger partial charge < -0.3 is 27.9 Å². The van der Waals surface area contributed by atoms with Gasteiger partial charge in [0.25, 0.3) is 7.82 Å². The molecule has 0 saturated carbocycles. The summed E-state index contributed by atoms with van der Waals surface area (Å²) in [6.07, 6.45) is 89.3. The van der Waals surface area contributed by atoms with Crippen molar-refractivity contribution in [1.29, 1.82) is 0 Å². The molecule has 0 N–H and O–H groups in total. The number of carbonyl (C=O) groups is 2. The summed E-state index contributed by atoms with van der Waals surface area (Å²) >= 11 is 0. The molecule has 2 atom stereocenters. The molecule has 0 bridgehead atoms. The number of rotatable bonds is 50. The maximum absolute atomic E-state index is 12.8. The SMILES string of the molecule is CC/C=C\C/C=C\C/C=C\C/C=C\C/C=C\C/C=C\C/C=C\C/C=C\C/C=C\C/C=C\C/C=C\C/C=C\CCCCC(=O)OC(COC(=O)CCCC/C=C\C/C=C\C/C=C\C/C=C\CC)COP(=O)([O-])OCC[N+](C)(C)C. The lowest BCUT2D eigenvalue weighted by Crippen LogP contribution is -2.37. The number of quaternary nitrogens is 1. The molecule has 0 aliphatic carbocycles. The van der Waals surface area contributed by atoms with Crippen molar-refractivity contribution in [3.05, 3.63) is 194 Å². The highest BCUT2D eigenvalue weighted by atomic mass is 31.2. The maximum atomic E-state index is 12.8. The third-order valence-corrected chi connectivity index (χ3v) is 12.1. The van der Waals surface area contributed by atoms with E-state index < -0.39 is 32.5 Å².